The zero-order chi connectivity index (χ0) is 15.2. The van der Waals surface area contributed by atoms with Crippen LogP contribution in [0.1, 0.15) is 18.4 Å². The third-order valence-electron chi connectivity index (χ3n) is 4.59. The molecule has 6 heteroatoms. The standard InChI is InChI=1S/C16H18N4O2/c1-20-14-11(9-17)3-2-4-13(14)19-15(20)18-12-7-16(8-12)10-21-5-6-22-16/h2-4,12H,5-8,10H2,1H3,(H,18,19). The minimum atomic E-state index is -0.0989. The number of rotatable bonds is 2. The van der Waals surface area contributed by atoms with Crippen LogP contribution in [0.2, 0.25) is 0 Å². The third-order valence-corrected chi connectivity index (χ3v) is 4.59. The van der Waals surface area contributed by atoms with E-state index >= 15 is 0 Å². The number of aromatic nitrogens is 2. The molecule has 114 valence electrons. The molecule has 1 aromatic carbocycles. The van der Waals surface area contributed by atoms with E-state index < -0.39 is 0 Å². The fourth-order valence-corrected chi connectivity index (χ4v) is 3.46. The van der Waals surface area contributed by atoms with Gasteiger partial charge in [-0.1, -0.05) is 6.07 Å². The fourth-order valence-electron chi connectivity index (χ4n) is 3.46. The van der Waals surface area contributed by atoms with Crippen LogP contribution in [0.3, 0.4) is 0 Å². The highest BCUT2D eigenvalue weighted by atomic mass is 16.6. The zero-order valence-corrected chi connectivity index (χ0v) is 12.5. The first-order chi connectivity index (χ1) is 10.7. The van der Waals surface area contributed by atoms with Gasteiger partial charge in [0.1, 0.15) is 6.07 Å². The number of anilines is 1. The summed E-state index contributed by atoms with van der Waals surface area (Å²) < 4.78 is 13.3. The van der Waals surface area contributed by atoms with Crippen LogP contribution in [-0.2, 0) is 16.5 Å². The van der Waals surface area contributed by atoms with Crippen LogP contribution in [0.25, 0.3) is 11.0 Å². The second-order valence-electron chi connectivity index (χ2n) is 6.11. The number of imidazole rings is 1. The molecule has 0 amide bonds. The molecule has 1 saturated heterocycles. The minimum absolute atomic E-state index is 0.0989. The summed E-state index contributed by atoms with van der Waals surface area (Å²) in [4.78, 5) is 4.60. The van der Waals surface area contributed by atoms with Gasteiger partial charge in [-0.25, -0.2) is 4.98 Å². The first kappa shape index (κ1) is 13.6. The molecular weight excluding hydrogens is 280 g/mol. The molecule has 0 radical (unpaired) electrons. The van der Waals surface area contributed by atoms with Crippen molar-refractivity contribution < 1.29 is 9.47 Å². The fraction of sp³-hybridized carbons (Fsp3) is 0.500. The van der Waals surface area contributed by atoms with Gasteiger partial charge in [-0.05, 0) is 25.0 Å². The smallest absolute Gasteiger partial charge is 0.203 e. The molecule has 2 aromatic rings. The number of benzene rings is 1. The Morgan fingerprint density at radius 1 is 1.41 bits per heavy atom. The Morgan fingerprint density at radius 3 is 3.00 bits per heavy atom. The van der Waals surface area contributed by atoms with Gasteiger partial charge in [-0.2, -0.15) is 5.26 Å². The average molecular weight is 298 g/mol. The number of hydrogen-bond donors (Lipinski definition) is 1. The molecule has 2 aliphatic rings. The lowest BCUT2D eigenvalue weighted by Gasteiger charge is -2.49. The summed E-state index contributed by atoms with van der Waals surface area (Å²) in [7, 11) is 1.94. The van der Waals surface area contributed by atoms with Crippen molar-refractivity contribution in [2.24, 2.45) is 7.05 Å². The van der Waals surface area contributed by atoms with Crippen LogP contribution >= 0.6 is 0 Å². The molecular formula is C16H18N4O2. The molecule has 4 rings (SSSR count). The summed E-state index contributed by atoms with van der Waals surface area (Å²) in [5.74, 6) is 0.800. The Bertz CT molecular complexity index is 747. The van der Waals surface area contributed by atoms with E-state index in [0.29, 0.717) is 31.4 Å². The van der Waals surface area contributed by atoms with Crippen LogP contribution in [-0.4, -0.2) is 41.0 Å². The molecule has 0 atom stereocenters. The topological polar surface area (TPSA) is 72.1 Å². The Balaban J connectivity index is 1.54. The highest BCUT2D eigenvalue weighted by molar-refractivity contribution is 5.84. The zero-order valence-electron chi connectivity index (χ0n) is 12.5. The molecule has 1 saturated carbocycles. The Labute approximate surface area is 128 Å². The normalized spacial score (nSPS) is 27.5. The summed E-state index contributed by atoms with van der Waals surface area (Å²) in [5.41, 5.74) is 2.27. The van der Waals surface area contributed by atoms with E-state index in [1.165, 1.54) is 0 Å². The highest BCUT2D eigenvalue weighted by Crippen LogP contribution is 2.39. The predicted octanol–water partition coefficient (Wildman–Crippen LogP) is 1.80. The summed E-state index contributed by atoms with van der Waals surface area (Å²) in [6.07, 6.45) is 1.86. The van der Waals surface area contributed by atoms with Crippen molar-refractivity contribution >= 4 is 17.0 Å². The second kappa shape index (κ2) is 4.97. The Kier molecular flexibility index (Phi) is 3.06. The van der Waals surface area contributed by atoms with Crippen LogP contribution in [0, 0.1) is 11.3 Å². The third kappa shape index (κ3) is 2.05. The molecule has 6 nitrogen and oxygen atoms in total. The van der Waals surface area contributed by atoms with Gasteiger partial charge >= 0.3 is 0 Å². The SMILES string of the molecule is Cn1c(NC2CC3(COCCO3)C2)nc2cccc(C#N)c21. The first-order valence-electron chi connectivity index (χ1n) is 7.55. The number of fused-ring (bicyclic) bond motifs is 1. The van der Waals surface area contributed by atoms with E-state index in [-0.39, 0.29) is 5.60 Å². The van der Waals surface area contributed by atoms with E-state index in [0.717, 1.165) is 29.8 Å². The van der Waals surface area contributed by atoms with Gasteiger partial charge < -0.3 is 19.4 Å². The summed E-state index contributed by atoms with van der Waals surface area (Å²) in [6, 6.07) is 8.18. The van der Waals surface area contributed by atoms with Gasteiger partial charge in [-0.15, -0.1) is 0 Å². The molecule has 22 heavy (non-hydrogen) atoms. The van der Waals surface area contributed by atoms with Gasteiger partial charge in [0.25, 0.3) is 0 Å². The lowest BCUT2D eigenvalue weighted by molar-refractivity contribution is -0.194. The number of nitrogens with zero attached hydrogens (tertiary/aromatic N) is 3. The van der Waals surface area contributed by atoms with E-state index in [1.807, 2.05) is 29.8 Å². The van der Waals surface area contributed by atoms with Crippen molar-refractivity contribution in [1.82, 2.24) is 9.55 Å². The van der Waals surface area contributed by atoms with Crippen molar-refractivity contribution in [3.63, 3.8) is 0 Å². The highest BCUT2D eigenvalue weighted by Gasteiger charge is 2.47. The first-order valence-corrected chi connectivity index (χ1v) is 7.55. The molecule has 0 unspecified atom stereocenters. The van der Waals surface area contributed by atoms with Crippen LogP contribution in [0.4, 0.5) is 5.95 Å². The lowest BCUT2D eigenvalue weighted by atomic mass is 9.75. The van der Waals surface area contributed by atoms with Gasteiger partial charge in [0.15, 0.2) is 0 Å². The number of nitriles is 1. The van der Waals surface area contributed by atoms with E-state index in [1.54, 1.807) is 0 Å². The number of ether oxygens (including phenoxy) is 2. The summed E-state index contributed by atoms with van der Waals surface area (Å²) in [5, 5.41) is 12.7. The van der Waals surface area contributed by atoms with Gasteiger partial charge in [0.05, 0.1) is 42.0 Å². The molecule has 2 heterocycles. The van der Waals surface area contributed by atoms with Crippen molar-refractivity contribution in [3.05, 3.63) is 23.8 Å². The molecule has 1 aliphatic carbocycles. The molecule has 1 spiro atoms. The minimum Gasteiger partial charge on any atom is -0.376 e. The molecule has 1 aliphatic heterocycles. The maximum atomic E-state index is 9.23. The number of nitrogens with one attached hydrogen (secondary N) is 1. The predicted molar refractivity (Wildman–Crippen MR) is 81.6 cm³/mol. The van der Waals surface area contributed by atoms with E-state index in [9.17, 15) is 5.26 Å². The second-order valence-corrected chi connectivity index (χ2v) is 6.11. The van der Waals surface area contributed by atoms with Crippen LogP contribution < -0.4 is 5.32 Å². The Hall–Kier alpha value is -2.10. The lowest BCUT2D eigenvalue weighted by Crippen LogP contribution is -2.57. The molecule has 1 aromatic heterocycles. The summed E-state index contributed by atoms with van der Waals surface area (Å²) in [6.45, 7) is 2.07. The van der Waals surface area contributed by atoms with E-state index in [4.69, 9.17) is 9.47 Å². The van der Waals surface area contributed by atoms with Crippen molar-refractivity contribution in [2.75, 3.05) is 25.1 Å². The molecule has 2 fully saturated rings. The van der Waals surface area contributed by atoms with Gasteiger partial charge in [0, 0.05) is 13.1 Å². The summed E-state index contributed by atoms with van der Waals surface area (Å²) >= 11 is 0. The number of para-hydroxylation sites is 1. The van der Waals surface area contributed by atoms with Gasteiger partial charge in [-0.3, -0.25) is 0 Å². The monoisotopic (exact) mass is 298 g/mol. The quantitative estimate of drug-likeness (QED) is 0.915. The molecule has 1 N–H and O–H groups in total. The number of aryl methyl sites for hydroxylation is 1. The molecule has 0 bridgehead atoms. The van der Waals surface area contributed by atoms with Crippen molar-refractivity contribution in [3.8, 4) is 6.07 Å². The maximum Gasteiger partial charge on any atom is 0.203 e. The average Bonchev–Trinajstić information content (AvgIpc) is 2.83. The van der Waals surface area contributed by atoms with Crippen molar-refractivity contribution in [2.45, 2.75) is 24.5 Å². The number of hydrogen-bond acceptors (Lipinski definition) is 5. The Morgan fingerprint density at radius 2 is 2.27 bits per heavy atom. The van der Waals surface area contributed by atoms with Crippen molar-refractivity contribution in [1.29, 1.82) is 5.26 Å². The van der Waals surface area contributed by atoms with Crippen LogP contribution in [0.15, 0.2) is 18.2 Å². The maximum absolute atomic E-state index is 9.23. The van der Waals surface area contributed by atoms with E-state index in [2.05, 4.69) is 16.4 Å². The van der Waals surface area contributed by atoms with Gasteiger partial charge in [0.2, 0.25) is 5.95 Å². The largest absolute Gasteiger partial charge is 0.376 e. The van der Waals surface area contributed by atoms with Crippen LogP contribution in [0.5, 0.6) is 0 Å².